The Kier molecular flexibility index (Phi) is 5.72. The molecule has 2 aromatic carbocycles. The largest absolute Gasteiger partial charge is 0.296 e. The average molecular weight is 397 g/mol. The van der Waals surface area contributed by atoms with Crippen molar-refractivity contribution in [2.75, 3.05) is 6.26 Å². The van der Waals surface area contributed by atoms with E-state index < -0.39 is 4.92 Å². The topological polar surface area (TPSA) is 85.7 Å². The molecule has 1 heterocycles. The molecule has 9 heteroatoms. The molecule has 0 aliphatic rings. The van der Waals surface area contributed by atoms with Crippen LogP contribution in [0.2, 0.25) is 0 Å². The van der Waals surface area contributed by atoms with Crippen LogP contribution in [0.1, 0.15) is 5.69 Å². The summed E-state index contributed by atoms with van der Waals surface area (Å²) in [5.41, 5.74) is 2.80. The van der Waals surface area contributed by atoms with Crippen LogP contribution in [0, 0.1) is 17.0 Å². The van der Waals surface area contributed by atoms with Crippen LogP contribution in [0.4, 0.5) is 17.1 Å². The number of nitrogens with zero attached hydrogens (tertiary/aromatic N) is 5. The zero-order valence-electron chi connectivity index (χ0n) is 14.6. The van der Waals surface area contributed by atoms with Gasteiger partial charge in [0.15, 0.2) is 10.0 Å². The number of para-hydroxylation sites is 1. The van der Waals surface area contributed by atoms with Gasteiger partial charge >= 0.3 is 0 Å². The highest BCUT2D eigenvalue weighted by Gasteiger charge is 2.19. The molecule has 0 unspecified atom stereocenters. The molecule has 3 aromatic rings. The molecule has 0 spiro atoms. The molecule has 136 valence electrons. The summed E-state index contributed by atoms with van der Waals surface area (Å²) in [5.74, 6) is 0. The van der Waals surface area contributed by atoms with Crippen molar-refractivity contribution in [2.24, 2.45) is 10.2 Å². The number of hydrogen-bond donors (Lipinski definition) is 0. The fourth-order valence-electron chi connectivity index (χ4n) is 2.48. The maximum atomic E-state index is 11.2. The van der Waals surface area contributed by atoms with Gasteiger partial charge in [-0.25, -0.2) is 4.68 Å². The Hall–Kier alpha value is -2.91. The summed E-state index contributed by atoms with van der Waals surface area (Å²) in [4.78, 5) is 10.7. The van der Waals surface area contributed by atoms with Crippen LogP contribution in [-0.2, 0) is 0 Å². The van der Waals surface area contributed by atoms with Crippen molar-refractivity contribution in [2.45, 2.75) is 6.92 Å². The van der Waals surface area contributed by atoms with Gasteiger partial charge in [-0.2, -0.15) is 5.10 Å². The standard InChI is InChI=1S/C18H15N5O2S2/c1-12-16(20-19-14-10-6-7-11-15(14)23(24)25)17(13-8-4-3-5-9-13)21-22(12)18(26)27-2/h3-11H,1-2H3. The van der Waals surface area contributed by atoms with E-state index in [4.69, 9.17) is 12.2 Å². The monoisotopic (exact) mass is 397 g/mol. The lowest BCUT2D eigenvalue weighted by molar-refractivity contribution is -0.384. The molecule has 0 radical (unpaired) electrons. The van der Waals surface area contributed by atoms with Crippen molar-refractivity contribution in [1.82, 2.24) is 9.78 Å². The van der Waals surface area contributed by atoms with Gasteiger partial charge in [0.2, 0.25) is 0 Å². The average Bonchev–Trinajstić information content (AvgIpc) is 3.03. The molecule has 0 aliphatic carbocycles. The van der Waals surface area contributed by atoms with Crippen molar-refractivity contribution >= 4 is 45.4 Å². The molecule has 0 bridgehead atoms. The Labute approximate surface area is 165 Å². The van der Waals surface area contributed by atoms with E-state index in [2.05, 4.69) is 15.3 Å². The van der Waals surface area contributed by atoms with E-state index in [1.807, 2.05) is 43.5 Å². The number of benzene rings is 2. The van der Waals surface area contributed by atoms with Crippen molar-refractivity contribution in [1.29, 1.82) is 0 Å². The first-order valence-electron chi connectivity index (χ1n) is 7.91. The fraction of sp³-hybridized carbons (Fsp3) is 0.111. The highest BCUT2D eigenvalue weighted by atomic mass is 32.2. The third-order valence-corrected chi connectivity index (χ3v) is 5.01. The number of aromatic nitrogens is 2. The van der Waals surface area contributed by atoms with Crippen LogP contribution in [0.25, 0.3) is 11.3 Å². The van der Waals surface area contributed by atoms with Crippen molar-refractivity contribution < 1.29 is 4.92 Å². The van der Waals surface area contributed by atoms with E-state index in [-0.39, 0.29) is 11.4 Å². The summed E-state index contributed by atoms with van der Waals surface area (Å²) in [6, 6.07) is 15.8. The van der Waals surface area contributed by atoms with Crippen molar-refractivity contribution in [3.05, 3.63) is 70.4 Å². The molecule has 0 saturated heterocycles. The quantitative estimate of drug-likeness (QED) is 0.245. The zero-order valence-corrected chi connectivity index (χ0v) is 16.2. The molecule has 3 rings (SSSR count). The van der Waals surface area contributed by atoms with Gasteiger partial charge in [-0.1, -0.05) is 66.4 Å². The maximum absolute atomic E-state index is 11.2. The van der Waals surface area contributed by atoms with Gasteiger partial charge in [0, 0.05) is 11.6 Å². The summed E-state index contributed by atoms with van der Waals surface area (Å²) in [7, 11) is 0. The van der Waals surface area contributed by atoms with E-state index in [1.165, 1.54) is 17.8 Å². The highest BCUT2D eigenvalue weighted by molar-refractivity contribution is 8.22. The minimum atomic E-state index is -0.481. The normalized spacial score (nSPS) is 11.0. The first-order valence-corrected chi connectivity index (χ1v) is 9.54. The number of rotatable bonds is 4. The summed E-state index contributed by atoms with van der Waals surface area (Å²) >= 11 is 6.77. The molecule has 0 saturated carbocycles. The third kappa shape index (κ3) is 3.93. The van der Waals surface area contributed by atoms with Crippen LogP contribution in [0.3, 0.4) is 0 Å². The SMILES string of the molecule is CSC(=S)n1nc(-c2ccccc2)c(N=Nc2ccccc2[N+](=O)[O-])c1C. The van der Waals surface area contributed by atoms with Gasteiger partial charge in [-0.3, -0.25) is 10.1 Å². The summed E-state index contributed by atoms with van der Waals surface area (Å²) in [6.07, 6.45) is 1.88. The Morgan fingerprint density at radius 1 is 1.15 bits per heavy atom. The van der Waals surface area contributed by atoms with E-state index in [9.17, 15) is 10.1 Å². The van der Waals surface area contributed by atoms with E-state index in [0.717, 1.165) is 11.3 Å². The van der Waals surface area contributed by atoms with Gasteiger partial charge in [-0.15, -0.1) is 10.2 Å². The smallest absolute Gasteiger partial charge is 0.258 e. The molecule has 27 heavy (non-hydrogen) atoms. The maximum Gasteiger partial charge on any atom is 0.296 e. The van der Waals surface area contributed by atoms with Crippen LogP contribution in [-0.4, -0.2) is 25.3 Å². The molecule has 0 N–H and O–H groups in total. The lowest BCUT2D eigenvalue weighted by atomic mass is 10.1. The summed E-state index contributed by atoms with van der Waals surface area (Å²) < 4.78 is 2.22. The molecule has 0 amide bonds. The van der Waals surface area contributed by atoms with Gasteiger partial charge in [-0.05, 0) is 19.2 Å². The molecule has 0 fully saturated rings. The van der Waals surface area contributed by atoms with Crippen LogP contribution < -0.4 is 0 Å². The van der Waals surface area contributed by atoms with E-state index in [1.54, 1.807) is 22.9 Å². The lowest BCUT2D eigenvalue weighted by Crippen LogP contribution is -2.08. The number of thioether (sulfide) groups is 1. The first-order chi connectivity index (χ1) is 13.0. The Balaban J connectivity index is 2.13. The van der Waals surface area contributed by atoms with Crippen LogP contribution >= 0.6 is 24.0 Å². The minimum absolute atomic E-state index is 0.104. The number of hydrogen-bond acceptors (Lipinski definition) is 7. The molecule has 0 atom stereocenters. The molecule has 7 nitrogen and oxygen atoms in total. The van der Waals surface area contributed by atoms with Crippen LogP contribution in [0.15, 0.2) is 64.8 Å². The Morgan fingerprint density at radius 3 is 2.48 bits per heavy atom. The minimum Gasteiger partial charge on any atom is -0.258 e. The number of nitro groups is 1. The van der Waals surface area contributed by atoms with Gasteiger partial charge in [0.1, 0.15) is 11.4 Å². The predicted octanol–water partition coefficient (Wildman–Crippen LogP) is 5.68. The number of nitro benzene ring substituents is 1. The van der Waals surface area contributed by atoms with Gasteiger partial charge in [0.25, 0.3) is 5.69 Å². The predicted molar refractivity (Wildman–Crippen MR) is 111 cm³/mol. The number of azo groups is 1. The second-order valence-corrected chi connectivity index (χ2v) is 6.92. The van der Waals surface area contributed by atoms with E-state index >= 15 is 0 Å². The second kappa shape index (κ2) is 8.19. The summed E-state index contributed by atoms with van der Waals surface area (Å²) in [5, 5.41) is 24.2. The highest BCUT2D eigenvalue weighted by Crippen LogP contribution is 2.35. The Morgan fingerprint density at radius 2 is 1.81 bits per heavy atom. The van der Waals surface area contributed by atoms with Gasteiger partial charge in [0.05, 0.1) is 10.6 Å². The molecular weight excluding hydrogens is 382 g/mol. The zero-order chi connectivity index (χ0) is 19.4. The molecule has 1 aromatic heterocycles. The lowest BCUT2D eigenvalue weighted by Gasteiger charge is -2.01. The van der Waals surface area contributed by atoms with E-state index in [0.29, 0.717) is 15.7 Å². The van der Waals surface area contributed by atoms with Crippen LogP contribution in [0.5, 0.6) is 0 Å². The Bertz CT molecular complexity index is 1030. The second-order valence-electron chi connectivity index (χ2n) is 5.48. The van der Waals surface area contributed by atoms with Gasteiger partial charge < -0.3 is 0 Å². The van der Waals surface area contributed by atoms with Crippen molar-refractivity contribution in [3.63, 3.8) is 0 Å². The number of thiocarbonyl (C=S) groups is 1. The molecule has 0 aliphatic heterocycles. The fourth-order valence-corrected chi connectivity index (χ4v) is 3.00. The first kappa shape index (κ1) is 18.9. The summed E-state index contributed by atoms with van der Waals surface area (Å²) in [6.45, 7) is 1.84. The third-order valence-electron chi connectivity index (χ3n) is 3.82. The van der Waals surface area contributed by atoms with Crippen molar-refractivity contribution in [3.8, 4) is 11.3 Å². The molecular formula is C18H15N5O2S2.